The number of hydrogen-bond acceptors (Lipinski definition) is 3. The minimum Gasteiger partial charge on any atom is -0.495 e. The molecule has 1 aliphatic carbocycles. The number of carbonyl (C=O) groups excluding carboxylic acids is 1. The Hall–Kier alpha value is -1.75. The molecule has 0 radical (unpaired) electrons. The van der Waals surface area contributed by atoms with Gasteiger partial charge in [-0.05, 0) is 31.0 Å². The van der Waals surface area contributed by atoms with Gasteiger partial charge in [-0.25, -0.2) is 0 Å². The average molecular weight is 284 g/mol. The van der Waals surface area contributed by atoms with E-state index in [9.17, 15) is 9.59 Å². The molecule has 6 heteroatoms. The molecule has 0 heterocycles. The van der Waals surface area contributed by atoms with E-state index in [-0.39, 0.29) is 17.9 Å². The number of amides is 1. The van der Waals surface area contributed by atoms with E-state index in [1.165, 1.54) is 7.11 Å². The Morgan fingerprint density at radius 1 is 1.42 bits per heavy atom. The summed E-state index contributed by atoms with van der Waals surface area (Å²) in [6, 6.07) is 4.68. The molecule has 0 aliphatic heterocycles. The molecule has 2 N–H and O–H groups in total. The summed E-state index contributed by atoms with van der Waals surface area (Å²) in [5.41, 5.74) is 0.444. The van der Waals surface area contributed by atoms with E-state index in [4.69, 9.17) is 21.4 Å². The first kappa shape index (κ1) is 13.7. The van der Waals surface area contributed by atoms with Gasteiger partial charge in [0.05, 0.1) is 18.1 Å². The molecular formula is C13H14ClNO4. The van der Waals surface area contributed by atoms with Gasteiger partial charge in [-0.15, -0.1) is 0 Å². The van der Waals surface area contributed by atoms with Crippen molar-refractivity contribution < 1.29 is 19.4 Å². The van der Waals surface area contributed by atoms with Crippen molar-refractivity contribution in [1.29, 1.82) is 0 Å². The third-order valence-corrected chi connectivity index (χ3v) is 3.55. The van der Waals surface area contributed by atoms with Gasteiger partial charge in [0, 0.05) is 11.6 Å². The van der Waals surface area contributed by atoms with Crippen molar-refractivity contribution in [2.45, 2.75) is 18.9 Å². The summed E-state index contributed by atoms with van der Waals surface area (Å²) in [5.74, 6) is -0.959. The Labute approximate surface area is 115 Å². The topological polar surface area (TPSA) is 75.6 Å². The lowest BCUT2D eigenvalue weighted by atomic mass is 9.80. The zero-order chi connectivity index (χ0) is 14.0. The Balaban J connectivity index is 1.96. The van der Waals surface area contributed by atoms with Gasteiger partial charge in [-0.1, -0.05) is 11.6 Å². The summed E-state index contributed by atoms with van der Waals surface area (Å²) < 4.78 is 5.04. The number of rotatable bonds is 4. The quantitative estimate of drug-likeness (QED) is 0.885. The van der Waals surface area contributed by atoms with Gasteiger partial charge in [0.25, 0.3) is 5.91 Å². The van der Waals surface area contributed by atoms with Gasteiger partial charge in [-0.3, -0.25) is 9.59 Å². The van der Waals surface area contributed by atoms with E-state index >= 15 is 0 Å². The van der Waals surface area contributed by atoms with Gasteiger partial charge in [-0.2, -0.15) is 0 Å². The van der Waals surface area contributed by atoms with E-state index in [1.54, 1.807) is 18.2 Å². The van der Waals surface area contributed by atoms with Crippen LogP contribution >= 0.6 is 11.6 Å². The minimum absolute atomic E-state index is 0.0738. The van der Waals surface area contributed by atoms with Crippen molar-refractivity contribution in [3.8, 4) is 5.75 Å². The molecule has 2 rings (SSSR count). The molecule has 0 bridgehead atoms. The van der Waals surface area contributed by atoms with E-state index in [0.29, 0.717) is 29.2 Å². The molecule has 0 unspecified atom stereocenters. The molecule has 1 amide bonds. The Morgan fingerprint density at radius 2 is 2.11 bits per heavy atom. The van der Waals surface area contributed by atoms with Gasteiger partial charge in [0.1, 0.15) is 5.75 Å². The van der Waals surface area contributed by atoms with Crippen molar-refractivity contribution >= 4 is 23.5 Å². The summed E-state index contributed by atoms with van der Waals surface area (Å²) in [4.78, 5) is 22.6. The first-order valence-electron chi connectivity index (χ1n) is 5.88. The SMILES string of the molecule is COc1cc(C(=O)NC2CC(C(=O)O)C2)ccc1Cl. The number of ether oxygens (including phenoxy) is 1. The van der Waals surface area contributed by atoms with Gasteiger partial charge >= 0.3 is 5.97 Å². The van der Waals surface area contributed by atoms with E-state index < -0.39 is 5.97 Å². The van der Waals surface area contributed by atoms with Crippen molar-refractivity contribution in [2.24, 2.45) is 5.92 Å². The molecule has 0 atom stereocenters. The van der Waals surface area contributed by atoms with Crippen LogP contribution in [0.25, 0.3) is 0 Å². The van der Waals surface area contributed by atoms with Crippen molar-refractivity contribution in [3.63, 3.8) is 0 Å². The first-order valence-corrected chi connectivity index (χ1v) is 6.26. The maximum absolute atomic E-state index is 11.9. The largest absolute Gasteiger partial charge is 0.495 e. The Bertz CT molecular complexity index is 511. The zero-order valence-electron chi connectivity index (χ0n) is 10.4. The molecule has 0 saturated heterocycles. The highest BCUT2D eigenvalue weighted by Crippen LogP contribution is 2.28. The predicted octanol–water partition coefficient (Wildman–Crippen LogP) is 1.94. The molecule has 1 aromatic rings. The number of carboxylic acid groups (broad SMARTS) is 1. The molecule has 1 aromatic carbocycles. The summed E-state index contributed by atoms with van der Waals surface area (Å²) >= 11 is 5.88. The first-order chi connectivity index (χ1) is 9.01. The van der Waals surface area contributed by atoms with Crippen LogP contribution in [-0.2, 0) is 4.79 Å². The standard InChI is InChI=1S/C13H14ClNO4/c1-19-11-6-7(2-3-10(11)14)12(16)15-9-4-8(5-9)13(17)18/h2-3,6,8-9H,4-5H2,1H3,(H,15,16)(H,17,18). The number of carboxylic acids is 1. The summed E-state index contributed by atoms with van der Waals surface area (Å²) in [5, 5.41) is 12.0. The lowest BCUT2D eigenvalue weighted by Crippen LogP contribution is -2.46. The Kier molecular flexibility index (Phi) is 3.95. The van der Waals surface area contributed by atoms with E-state index in [1.807, 2.05) is 0 Å². The highest BCUT2D eigenvalue weighted by Gasteiger charge is 2.35. The van der Waals surface area contributed by atoms with Crippen LogP contribution in [0, 0.1) is 5.92 Å². The molecule has 19 heavy (non-hydrogen) atoms. The highest BCUT2D eigenvalue weighted by molar-refractivity contribution is 6.32. The fourth-order valence-corrected chi connectivity index (χ4v) is 2.20. The van der Waals surface area contributed by atoms with Crippen molar-refractivity contribution in [3.05, 3.63) is 28.8 Å². The van der Waals surface area contributed by atoms with Gasteiger partial charge in [0.15, 0.2) is 0 Å². The monoisotopic (exact) mass is 283 g/mol. The number of hydrogen-bond donors (Lipinski definition) is 2. The third-order valence-electron chi connectivity index (χ3n) is 3.24. The highest BCUT2D eigenvalue weighted by atomic mass is 35.5. The summed E-state index contributed by atoms with van der Waals surface area (Å²) in [6.45, 7) is 0. The second kappa shape index (κ2) is 5.48. The molecule has 1 saturated carbocycles. The van der Waals surface area contributed by atoms with Crippen LogP contribution in [0.15, 0.2) is 18.2 Å². The van der Waals surface area contributed by atoms with Crippen LogP contribution in [0.5, 0.6) is 5.75 Å². The van der Waals surface area contributed by atoms with Crippen LogP contribution in [0.4, 0.5) is 0 Å². The van der Waals surface area contributed by atoms with Gasteiger partial charge < -0.3 is 15.2 Å². The summed E-state index contributed by atoms with van der Waals surface area (Å²) in [6.07, 6.45) is 0.956. The van der Waals surface area contributed by atoms with Gasteiger partial charge in [0.2, 0.25) is 0 Å². The summed E-state index contributed by atoms with van der Waals surface area (Å²) in [7, 11) is 1.48. The number of methoxy groups -OCH3 is 1. The lowest BCUT2D eigenvalue weighted by Gasteiger charge is -2.32. The number of carbonyl (C=O) groups is 2. The molecule has 1 aliphatic rings. The number of nitrogens with one attached hydrogen (secondary N) is 1. The number of halogens is 1. The van der Waals surface area contributed by atoms with Crippen LogP contribution in [0.3, 0.4) is 0 Å². The van der Waals surface area contributed by atoms with Crippen molar-refractivity contribution in [2.75, 3.05) is 7.11 Å². The van der Waals surface area contributed by atoms with Crippen LogP contribution in [0.2, 0.25) is 5.02 Å². The fraction of sp³-hybridized carbons (Fsp3) is 0.385. The molecular weight excluding hydrogens is 270 g/mol. The number of aliphatic carboxylic acids is 1. The number of benzene rings is 1. The minimum atomic E-state index is -0.807. The lowest BCUT2D eigenvalue weighted by molar-refractivity contribution is -0.145. The average Bonchev–Trinajstić information content (AvgIpc) is 2.33. The predicted molar refractivity (Wildman–Crippen MR) is 69.6 cm³/mol. The third kappa shape index (κ3) is 2.98. The second-order valence-electron chi connectivity index (χ2n) is 4.53. The molecule has 1 fully saturated rings. The molecule has 102 valence electrons. The van der Waals surface area contributed by atoms with Crippen LogP contribution in [0.1, 0.15) is 23.2 Å². The second-order valence-corrected chi connectivity index (χ2v) is 4.93. The van der Waals surface area contributed by atoms with E-state index in [2.05, 4.69) is 5.32 Å². The molecule has 0 aromatic heterocycles. The smallest absolute Gasteiger partial charge is 0.306 e. The molecule has 5 nitrogen and oxygen atoms in total. The van der Waals surface area contributed by atoms with Crippen LogP contribution < -0.4 is 10.1 Å². The maximum atomic E-state index is 11.9. The maximum Gasteiger partial charge on any atom is 0.306 e. The van der Waals surface area contributed by atoms with Crippen LogP contribution in [-0.4, -0.2) is 30.1 Å². The molecule has 0 spiro atoms. The Morgan fingerprint density at radius 3 is 2.68 bits per heavy atom. The zero-order valence-corrected chi connectivity index (χ0v) is 11.1. The normalized spacial score (nSPS) is 21.4. The van der Waals surface area contributed by atoms with Crippen molar-refractivity contribution in [1.82, 2.24) is 5.32 Å². The van der Waals surface area contributed by atoms with E-state index in [0.717, 1.165) is 0 Å². The fourth-order valence-electron chi connectivity index (χ4n) is 2.01.